The third-order valence-corrected chi connectivity index (χ3v) is 7.24. The molecule has 2 heterocycles. The van der Waals surface area contributed by atoms with Gasteiger partial charge in [-0.1, -0.05) is 28.1 Å². The van der Waals surface area contributed by atoms with Crippen LogP contribution in [0.5, 0.6) is 0 Å². The molecule has 0 unspecified atom stereocenters. The Kier molecular flexibility index (Phi) is 6.25. The van der Waals surface area contributed by atoms with Gasteiger partial charge in [0.1, 0.15) is 0 Å². The van der Waals surface area contributed by atoms with E-state index in [-0.39, 0.29) is 12.1 Å². The molecule has 2 aromatic carbocycles. The quantitative estimate of drug-likeness (QED) is 0.265. The van der Waals surface area contributed by atoms with Gasteiger partial charge in [-0.25, -0.2) is 4.98 Å². The molecule has 2 N–H and O–H groups in total. The fourth-order valence-corrected chi connectivity index (χ4v) is 5.16. The van der Waals surface area contributed by atoms with Gasteiger partial charge in [-0.05, 0) is 86.3 Å². The summed E-state index contributed by atoms with van der Waals surface area (Å²) >= 11 is 3.56. The number of aliphatic hydroxyl groups is 1. The number of hydrogen-bond acceptors (Lipinski definition) is 5. The van der Waals surface area contributed by atoms with Gasteiger partial charge in [0.2, 0.25) is 0 Å². The molecule has 1 aromatic heterocycles. The Balaban J connectivity index is 1.60. The van der Waals surface area contributed by atoms with Crippen LogP contribution in [0.3, 0.4) is 0 Å². The van der Waals surface area contributed by atoms with Gasteiger partial charge >= 0.3 is 0 Å². The van der Waals surface area contributed by atoms with E-state index in [9.17, 15) is 5.11 Å². The van der Waals surface area contributed by atoms with E-state index in [0.717, 1.165) is 75.0 Å². The number of aromatic nitrogens is 3. The SMILES string of the molecule is OC1CCC(N=c2cc3n(-c4ccc(Br)cc4)c4ccccc4nc-3cc2Nc2cccnc2)CC1. The third-order valence-electron chi connectivity index (χ3n) is 6.71. The Hall–Kier alpha value is -3.55. The second-order valence-electron chi connectivity index (χ2n) is 9.23. The maximum absolute atomic E-state index is 9.99. The number of fused-ring (bicyclic) bond motifs is 2. The van der Waals surface area contributed by atoms with Gasteiger partial charge in [-0.3, -0.25) is 9.98 Å². The molecule has 1 aliphatic heterocycles. The van der Waals surface area contributed by atoms with Crippen molar-refractivity contribution in [2.75, 3.05) is 5.32 Å². The number of hydrogen-bond donors (Lipinski definition) is 2. The second-order valence-corrected chi connectivity index (χ2v) is 10.1. The Morgan fingerprint density at radius 2 is 1.75 bits per heavy atom. The zero-order chi connectivity index (χ0) is 24.5. The van der Waals surface area contributed by atoms with Crippen molar-refractivity contribution in [3.63, 3.8) is 0 Å². The van der Waals surface area contributed by atoms with Crippen molar-refractivity contribution in [3.8, 4) is 17.1 Å². The van der Waals surface area contributed by atoms with E-state index in [4.69, 9.17) is 9.98 Å². The molecule has 36 heavy (non-hydrogen) atoms. The van der Waals surface area contributed by atoms with Crippen LogP contribution in [0, 0.1) is 0 Å². The van der Waals surface area contributed by atoms with E-state index >= 15 is 0 Å². The lowest BCUT2D eigenvalue weighted by Gasteiger charge is -2.23. The summed E-state index contributed by atoms with van der Waals surface area (Å²) < 4.78 is 3.29. The average molecular weight is 540 g/mol. The highest BCUT2D eigenvalue weighted by Gasteiger charge is 2.20. The summed E-state index contributed by atoms with van der Waals surface area (Å²) in [5, 5.41) is 14.4. The van der Waals surface area contributed by atoms with Crippen molar-refractivity contribution in [1.82, 2.24) is 14.5 Å². The van der Waals surface area contributed by atoms with E-state index in [1.54, 1.807) is 12.4 Å². The molecule has 2 aliphatic carbocycles. The maximum Gasteiger partial charge on any atom is 0.0900 e. The van der Waals surface area contributed by atoms with Crippen LogP contribution >= 0.6 is 15.9 Å². The van der Waals surface area contributed by atoms with E-state index in [0.29, 0.717) is 0 Å². The molecule has 0 amide bonds. The predicted molar refractivity (Wildman–Crippen MR) is 147 cm³/mol. The molecule has 1 saturated carbocycles. The normalized spacial score (nSPS) is 18.6. The fourth-order valence-electron chi connectivity index (χ4n) is 4.89. The maximum atomic E-state index is 9.99. The van der Waals surface area contributed by atoms with Crippen molar-refractivity contribution in [2.24, 2.45) is 4.99 Å². The molecule has 0 saturated heterocycles. The van der Waals surface area contributed by atoms with E-state index < -0.39 is 0 Å². The van der Waals surface area contributed by atoms with E-state index in [1.165, 1.54) is 0 Å². The summed E-state index contributed by atoms with van der Waals surface area (Å²) in [5.41, 5.74) is 6.67. The Morgan fingerprint density at radius 3 is 2.53 bits per heavy atom. The minimum absolute atomic E-state index is 0.176. The zero-order valence-electron chi connectivity index (χ0n) is 19.7. The summed E-state index contributed by atoms with van der Waals surface area (Å²) in [7, 11) is 0. The first-order chi connectivity index (χ1) is 17.6. The highest BCUT2D eigenvalue weighted by Crippen LogP contribution is 2.31. The van der Waals surface area contributed by atoms with Crippen molar-refractivity contribution >= 4 is 38.3 Å². The van der Waals surface area contributed by atoms with Crippen molar-refractivity contribution in [3.05, 3.63) is 95.0 Å². The van der Waals surface area contributed by atoms with Gasteiger partial charge in [0.15, 0.2) is 0 Å². The summed E-state index contributed by atoms with van der Waals surface area (Å²) in [6.45, 7) is 0. The van der Waals surface area contributed by atoms with Gasteiger partial charge in [-0.15, -0.1) is 0 Å². The molecular weight excluding hydrogens is 514 g/mol. The van der Waals surface area contributed by atoms with E-state index in [2.05, 4.69) is 73.3 Å². The highest BCUT2D eigenvalue weighted by atomic mass is 79.9. The summed E-state index contributed by atoms with van der Waals surface area (Å²) in [4.78, 5) is 14.5. The van der Waals surface area contributed by atoms with E-state index in [1.807, 2.05) is 30.3 Å². The van der Waals surface area contributed by atoms with Crippen molar-refractivity contribution < 1.29 is 5.11 Å². The summed E-state index contributed by atoms with van der Waals surface area (Å²) in [6, 6.07) is 24.8. The first-order valence-electron chi connectivity index (χ1n) is 12.2. The van der Waals surface area contributed by atoms with Crippen LogP contribution in [-0.4, -0.2) is 31.8 Å². The molecule has 6 nitrogen and oxygen atoms in total. The molecule has 0 atom stereocenters. The van der Waals surface area contributed by atoms with Crippen LogP contribution in [-0.2, 0) is 0 Å². The fraction of sp³-hybridized carbons (Fsp3) is 0.207. The topological polar surface area (TPSA) is 75.3 Å². The molecule has 7 heteroatoms. The Labute approximate surface area is 217 Å². The van der Waals surface area contributed by atoms with Crippen LogP contribution in [0.1, 0.15) is 25.7 Å². The lowest BCUT2D eigenvalue weighted by Crippen LogP contribution is -2.24. The number of nitrogens with one attached hydrogen (secondary N) is 1. The van der Waals surface area contributed by atoms with Crippen molar-refractivity contribution in [2.45, 2.75) is 37.8 Å². The lowest BCUT2D eigenvalue weighted by atomic mass is 9.93. The average Bonchev–Trinajstić information content (AvgIpc) is 2.90. The minimum Gasteiger partial charge on any atom is -0.393 e. The number of rotatable bonds is 4. The lowest BCUT2D eigenvalue weighted by molar-refractivity contribution is 0.123. The number of halogens is 1. The highest BCUT2D eigenvalue weighted by molar-refractivity contribution is 9.10. The van der Waals surface area contributed by atoms with Crippen LogP contribution in [0.4, 0.5) is 11.4 Å². The largest absolute Gasteiger partial charge is 0.393 e. The number of benzene rings is 3. The van der Waals surface area contributed by atoms with Gasteiger partial charge in [0, 0.05) is 16.4 Å². The first-order valence-corrected chi connectivity index (χ1v) is 13.0. The smallest absolute Gasteiger partial charge is 0.0900 e. The summed E-state index contributed by atoms with van der Waals surface area (Å²) in [6.07, 6.45) is 6.70. The van der Waals surface area contributed by atoms with Crippen molar-refractivity contribution in [1.29, 1.82) is 0 Å². The molecule has 3 aromatic rings. The molecule has 0 radical (unpaired) electrons. The molecule has 3 aliphatic rings. The molecule has 6 rings (SSSR count). The van der Waals surface area contributed by atoms with Crippen LogP contribution in [0.2, 0.25) is 0 Å². The number of anilines is 2. The van der Waals surface area contributed by atoms with Crippen LogP contribution in [0.15, 0.2) is 94.7 Å². The Bertz CT molecular complexity index is 1540. The summed E-state index contributed by atoms with van der Waals surface area (Å²) in [5.74, 6) is 0. The number of pyridine rings is 1. The molecule has 180 valence electrons. The van der Waals surface area contributed by atoms with Gasteiger partial charge in [-0.2, -0.15) is 0 Å². The monoisotopic (exact) mass is 539 g/mol. The molecule has 0 spiro atoms. The Morgan fingerprint density at radius 1 is 0.944 bits per heavy atom. The van der Waals surface area contributed by atoms with Gasteiger partial charge in [0.25, 0.3) is 0 Å². The standard InChI is InChI=1S/C29H26BrN5O/c30-19-7-11-22(12-8-19)35-28-6-2-1-5-24(28)34-27-16-25(33-21-4-3-15-31-18-21)26(17-29(27)35)32-20-9-13-23(36)14-10-20/h1-8,11-12,15-18,20,23,33,36H,9-10,13-14H2. The molecular formula is C29H26BrN5O. The predicted octanol–water partition coefficient (Wildman–Crippen LogP) is 6.24. The number of para-hydroxylation sites is 2. The second kappa shape index (κ2) is 9.84. The minimum atomic E-state index is -0.212. The third kappa shape index (κ3) is 4.64. The van der Waals surface area contributed by atoms with Crippen LogP contribution in [0.25, 0.3) is 28.1 Å². The zero-order valence-corrected chi connectivity index (χ0v) is 21.3. The number of nitrogens with zero attached hydrogens (tertiary/aromatic N) is 4. The van der Waals surface area contributed by atoms with Gasteiger partial charge < -0.3 is 15.0 Å². The molecule has 0 bridgehead atoms. The number of aliphatic hydroxyl groups excluding tert-OH is 1. The van der Waals surface area contributed by atoms with Crippen LogP contribution < -0.4 is 10.7 Å². The molecule has 1 fully saturated rings. The first kappa shape index (κ1) is 22.9. The van der Waals surface area contributed by atoms with Gasteiger partial charge in [0.05, 0.1) is 57.5 Å².